The Hall–Kier alpha value is -0.530. The molecule has 0 N–H and O–H groups in total. The lowest BCUT2D eigenvalue weighted by atomic mass is 9.83. The number of aliphatic imine (C=N–C) groups is 1. The Morgan fingerprint density at radius 3 is 2.29 bits per heavy atom. The Kier molecular flexibility index (Phi) is 6.13. The lowest BCUT2D eigenvalue weighted by Crippen LogP contribution is -2.41. The van der Waals surface area contributed by atoms with Crippen molar-refractivity contribution in [2.75, 3.05) is 0 Å². The largest absolute Gasteiger partial charge is 0.355 e. The van der Waals surface area contributed by atoms with Crippen molar-refractivity contribution < 1.29 is 0 Å². The van der Waals surface area contributed by atoms with E-state index in [0.717, 1.165) is 17.9 Å². The van der Waals surface area contributed by atoms with Gasteiger partial charge in [-0.15, -0.1) is 0 Å². The van der Waals surface area contributed by atoms with E-state index < -0.39 is 0 Å². The van der Waals surface area contributed by atoms with E-state index in [9.17, 15) is 0 Å². The van der Waals surface area contributed by atoms with Crippen LogP contribution in [0.15, 0.2) is 4.99 Å². The van der Waals surface area contributed by atoms with Gasteiger partial charge in [-0.25, -0.2) is 0 Å². The highest BCUT2D eigenvalue weighted by atomic mass is 15.3. The molecule has 2 aliphatic rings. The molecule has 21 heavy (non-hydrogen) atoms. The van der Waals surface area contributed by atoms with Crippen LogP contribution >= 0.6 is 0 Å². The van der Waals surface area contributed by atoms with Gasteiger partial charge in [-0.05, 0) is 52.4 Å². The van der Waals surface area contributed by atoms with E-state index in [1.54, 1.807) is 0 Å². The molecule has 2 nitrogen and oxygen atoms in total. The molecule has 2 fully saturated rings. The van der Waals surface area contributed by atoms with Gasteiger partial charge in [0.25, 0.3) is 0 Å². The first kappa shape index (κ1) is 16.8. The lowest BCUT2D eigenvalue weighted by molar-refractivity contribution is 0.193. The van der Waals surface area contributed by atoms with E-state index in [4.69, 9.17) is 4.99 Å². The Morgan fingerprint density at radius 2 is 1.67 bits per heavy atom. The molecule has 0 amide bonds. The van der Waals surface area contributed by atoms with Gasteiger partial charge in [-0.3, -0.25) is 4.99 Å². The predicted octanol–water partition coefficient (Wildman–Crippen LogP) is 5.27. The average molecular weight is 293 g/mol. The second-order valence-corrected chi connectivity index (χ2v) is 8.00. The number of likely N-dealkylation sites (tertiary alicyclic amines) is 1. The summed E-state index contributed by atoms with van der Waals surface area (Å²) in [5.41, 5.74) is 0. The summed E-state index contributed by atoms with van der Waals surface area (Å²) < 4.78 is 0. The molecule has 0 aromatic carbocycles. The van der Waals surface area contributed by atoms with Gasteiger partial charge < -0.3 is 4.90 Å². The fraction of sp³-hybridized carbons (Fsp3) is 0.947. The summed E-state index contributed by atoms with van der Waals surface area (Å²) in [4.78, 5) is 7.66. The summed E-state index contributed by atoms with van der Waals surface area (Å²) in [6.07, 6.45) is 11.2. The second-order valence-electron chi connectivity index (χ2n) is 8.00. The molecule has 2 heteroatoms. The third kappa shape index (κ3) is 4.47. The summed E-state index contributed by atoms with van der Waals surface area (Å²) in [7, 11) is 0. The number of fused-ring (bicyclic) bond motifs is 1. The van der Waals surface area contributed by atoms with Gasteiger partial charge in [0.2, 0.25) is 0 Å². The normalized spacial score (nSPS) is 33.8. The van der Waals surface area contributed by atoms with Crippen LogP contribution in [0, 0.1) is 11.8 Å². The third-order valence-corrected chi connectivity index (χ3v) is 5.26. The van der Waals surface area contributed by atoms with Crippen LogP contribution in [0.1, 0.15) is 86.0 Å². The zero-order chi connectivity index (χ0) is 15.4. The molecule has 1 aliphatic heterocycles. The molecule has 1 saturated heterocycles. The van der Waals surface area contributed by atoms with Crippen LogP contribution < -0.4 is 0 Å². The highest BCUT2D eigenvalue weighted by Crippen LogP contribution is 2.37. The number of amidine groups is 1. The van der Waals surface area contributed by atoms with Crippen molar-refractivity contribution in [3.8, 4) is 0 Å². The molecule has 0 bridgehead atoms. The minimum atomic E-state index is 0.425. The van der Waals surface area contributed by atoms with Crippen molar-refractivity contribution in [3.05, 3.63) is 0 Å². The van der Waals surface area contributed by atoms with Crippen LogP contribution in [0.25, 0.3) is 0 Å². The standard InChI is InChI=1S/C19H36N2/c1-14(2)20-19-13-17-12-16(5)10-8-6-7-9-11-18(17)21(19)15(3)4/h14-18H,6-13H2,1-5H3. The fourth-order valence-electron chi connectivity index (χ4n) is 4.44. The first-order chi connectivity index (χ1) is 9.99. The molecule has 0 spiro atoms. The maximum atomic E-state index is 4.98. The van der Waals surface area contributed by atoms with Crippen LogP contribution in [-0.2, 0) is 0 Å². The monoisotopic (exact) mass is 292 g/mol. The topological polar surface area (TPSA) is 15.6 Å². The first-order valence-electron chi connectivity index (χ1n) is 9.34. The van der Waals surface area contributed by atoms with Crippen molar-refractivity contribution in [1.82, 2.24) is 4.90 Å². The van der Waals surface area contributed by atoms with E-state index >= 15 is 0 Å². The molecule has 3 atom stereocenters. The minimum absolute atomic E-state index is 0.425. The van der Waals surface area contributed by atoms with E-state index in [-0.39, 0.29) is 0 Å². The van der Waals surface area contributed by atoms with Crippen LogP contribution in [0.4, 0.5) is 0 Å². The van der Waals surface area contributed by atoms with Gasteiger partial charge in [-0.1, -0.05) is 39.0 Å². The third-order valence-electron chi connectivity index (χ3n) is 5.26. The maximum Gasteiger partial charge on any atom is 0.100 e. The maximum absolute atomic E-state index is 4.98. The van der Waals surface area contributed by atoms with E-state index in [0.29, 0.717) is 12.1 Å². The molecular weight excluding hydrogens is 256 g/mol. The molecule has 1 aliphatic carbocycles. The number of hydrogen-bond donors (Lipinski definition) is 0. The molecular formula is C19H36N2. The van der Waals surface area contributed by atoms with Gasteiger partial charge in [-0.2, -0.15) is 0 Å². The highest BCUT2D eigenvalue weighted by Gasteiger charge is 2.39. The SMILES string of the molecule is CC1CCCCCCC2C(CC(=NC(C)C)N2C(C)C)C1. The van der Waals surface area contributed by atoms with Gasteiger partial charge in [0.05, 0.1) is 0 Å². The molecule has 2 rings (SSSR count). The zero-order valence-corrected chi connectivity index (χ0v) is 14.9. The van der Waals surface area contributed by atoms with E-state index in [1.165, 1.54) is 57.2 Å². The lowest BCUT2D eigenvalue weighted by Gasteiger charge is -2.34. The summed E-state index contributed by atoms with van der Waals surface area (Å²) >= 11 is 0. The second kappa shape index (κ2) is 7.65. The minimum Gasteiger partial charge on any atom is -0.355 e. The van der Waals surface area contributed by atoms with Crippen LogP contribution in [-0.4, -0.2) is 28.9 Å². The van der Waals surface area contributed by atoms with Crippen molar-refractivity contribution in [2.45, 2.75) is 104 Å². The smallest absolute Gasteiger partial charge is 0.100 e. The molecule has 0 aromatic rings. The van der Waals surface area contributed by atoms with Crippen LogP contribution in [0.5, 0.6) is 0 Å². The van der Waals surface area contributed by atoms with Gasteiger partial charge >= 0.3 is 0 Å². The molecule has 122 valence electrons. The zero-order valence-electron chi connectivity index (χ0n) is 14.9. The average Bonchev–Trinajstić information content (AvgIpc) is 2.70. The van der Waals surface area contributed by atoms with Crippen molar-refractivity contribution >= 4 is 5.84 Å². The van der Waals surface area contributed by atoms with Gasteiger partial charge in [0, 0.05) is 24.5 Å². The Bertz CT molecular complexity index is 345. The quantitative estimate of drug-likeness (QED) is 0.676. The van der Waals surface area contributed by atoms with E-state index in [1.807, 2.05) is 0 Å². The number of rotatable bonds is 2. The van der Waals surface area contributed by atoms with Crippen LogP contribution in [0.3, 0.4) is 0 Å². The molecule has 1 saturated carbocycles. The van der Waals surface area contributed by atoms with Gasteiger partial charge in [0.15, 0.2) is 0 Å². The molecule has 0 radical (unpaired) electrons. The summed E-state index contributed by atoms with van der Waals surface area (Å²) in [6.45, 7) is 11.6. The number of hydrogen-bond acceptors (Lipinski definition) is 1. The van der Waals surface area contributed by atoms with Gasteiger partial charge in [0.1, 0.15) is 5.84 Å². The Labute approximate surface area is 132 Å². The molecule has 3 unspecified atom stereocenters. The van der Waals surface area contributed by atoms with Crippen molar-refractivity contribution in [2.24, 2.45) is 16.8 Å². The first-order valence-corrected chi connectivity index (χ1v) is 9.34. The molecule has 1 heterocycles. The van der Waals surface area contributed by atoms with Crippen LogP contribution in [0.2, 0.25) is 0 Å². The van der Waals surface area contributed by atoms with Crippen molar-refractivity contribution in [3.63, 3.8) is 0 Å². The fourth-order valence-corrected chi connectivity index (χ4v) is 4.44. The van der Waals surface area contributed by atoms with E-state index in [2.05, 4.69) is 39.5 Å². The highest BCUT2D eigenvalue weighted by molar-refractivity contribution is 5.85. The number of nitrogens with zero attached hydrogens (tertiary/aromatic N) is 2. The summed E-state index contributed by atoms with van der Waals surface area (Å²) in [6, 6.07) is 1.77. The summed E-state index contributed by atoms with van der Waals surface area (Å²) in [5, 5.41) is 0. The van der Waals surface area contributed by atoms with Crippen molar-refractivity contribution in [1.29, 1.82) is 0 Å². The molecule has 0 aromatic heterocycles. The Balaban J connectivity index is 2.20. The summed E-state index contributed by atoms with van der Waals surface area (Å²) in [5.74, 6) is 3.14. The predicted molar refractivity (Wildman–Crippen MR) is 92.9 cm³/mol. The Morgan fingerprint density at radius 1 is 1.00 bits per heavy atom.